The van der Waals surface area contributed by atoms with E-state index < -0.39 is 0 Å². The molecule has 1 unspecified atom stereocenters. The van der Waals surface area contributed by atoms with Crippen molar-refractivity contribution in [3.05, 3.63) is 29.8 Å². The third kappa shape index (κ3) is 4.13. The molecular weight excluding hydrogens is 194 g/mol. The van der Waals surface area contributed by atoms with E-state index in [1.807, 2.05) is 0 Å². The van der Waals surface area contributed by atoms with E-state index >= 15 is 0 Å². The average molecular weight is 211 g/mol. The Morgan fingerprint density at radius 2 is 2.29 bits per heavy atom. The molecule has 0 radical (unpaired) electrons. The van der Waals surface area contributed by atoms with Crippen molar-refractivity contribution in [1.82, 2.24) is 0 Å². The number of hydrogen-bond acceptors (Lipinski definition) is 3. The quantitative estimate of drug-likeness (QED) is 0.730. The lowest BCUT2D eigenvalue weighted by molar-refractivity contribution is 0.279. The molecule has 78 valence electrons. The highest BCUT2D eigenvalue weighted by atomic mass is 32.2. The van der Waals surface area contributed by atoms with Crippen molar-refractivity contribution in [3.63, 3.8) is 0 Å². The Hall–Kier alpha value is -0.510. The summed E-state index contributed by atoms with van der Waals surface area (Å²) in [7, 11) is 0. The Bertz CT molecular complexity index is 278. The monoisotopic (exact) mass is 211 g/mol. The van der Waals surface area contributed by atoms with Gasteiger partial charge in [-0.15, -0.1) is 11.8 Å². The fraction of sp³-hybridized carbons (Fsp3) is 0.455. The summed E-state index contributed by atoms with van der Waals surface area (Å²) >= 11 is 1.75. The Morgan fingerprint density at radius 3 is 2.93 bits per heavy atom. The molecule has 3 N–H and O–H groups in total. The SMILES string of the molecule is Cc1cccc(SCC(N)CCO)c1. The van der Waals surface area contributed by atoms with Crippen molar-refractivity contribution in [2.45, 2.75) is 24.3 Å². The van der Waals surface area contributed by atoms with E-state index in [2.05, 4.69) is 31.2 Å². The summed E-state index contributed by atoms with van der Waals surface area (Å²) < 4.78 is 0. The number of aliphatic hydroxyl groups is 1. The molecule has 0 amide bonds. The molecular formula is C11H17NOS. The highest BCUT2D eigenvalue weighted by molar-refractivity contribution is 7.99. The largest absolute Gasteiger partial charge is 0.396 e. The number of aryl methyl sites for hydroxylation is 1. The van der Waals surface area contributed by atoms with E-state index in [-0.39, 0.29) is 12.6 Å². The second kappa shape index (κ2) is 6.06. The van der Waals surface area contributed by atoms with Gasteiger partial charge in [-0.1, -0.05) is 17.7 Å². The lowest BCUT2D eigenvalue weighted by atomic mass is 10.2. The van der Waals surface area contributed by atoms with Crippen LogP contribution < -0.4 is 5.73 Å². The van der Waals surface area contributed by atoms with E-state index in [9.17, 15) is 0 Å². The molecule has 1 rings (SSSR count). The fourth-order valence-corrected chi connectivity index (χ4v) is 2.17. The van der Waals surface area contributed by atoms with Gasteiger partial charge in [-0.05, 0) is 25.5 Å². The molecule has 0 aromatic heterocycles. The van der Waals surface area contributed by atoms with Crippen LogP contribution in [0.15, 0.2) is 29.2 Å². The molecule has 3 heteroatoms. The van der Waals surface area contributed by atoms with Crippen LogP contribution in [0.4, 0.5) is 0 Å². The van der Waals surface area contributed by atoms with Gasteiger partial charge in [0.2, 0.25) is 0 Å². The summed E-state index contributed by atoms with van der Waals surface area (Å²) in [5.41, 5.74) is 7.06. The molecule has 1 atom stereocenters. The van der Waals surface area contributed by atoms with Gasteiger partial charge in [0.15, 0.2) is 0 Å². The van der Waals surface area contributed by atoms with Crippen LogP contribution in [0.1, 0.15) is 12.0 Å². The molecule has 1 aromatic rings. The number of rotatable bonds is 5. The summed E-state index contributed by atoms with van der Waals surface area (Å²) in [5.74, 6) is 0.865. The normalized spacial score (nSPS) is 12.8. The first-order valence-corrected chi connectivity index (χ1v) is 5.77. The topological polar surface area (TPSA) is 46.2 Å². The van der Waals surface area contributed by atoms with E-state index in [0.717, 1.165) is 5.75 Å². The van der Waals surface area contributed by atoms with Crippen molar-refractivity contribution >= 4 is 11.8 Å². The smallest absolute Gasteiger partial charge is 0.0446 e. The van der Waals surface area contributed by atoms with Crippen LogP contribution in [0.2, 0.25) is 0 Å². The van der Waals surface area contributed by atoms with Gasteiger partial charge in [0, 0.05) is 23.3 Å². The molecule has 0 heterocycles. The van der Waals surface area contributed by atoms with Crippen LogP contribution in [0.5, 0.6) is 0 Å². The minimum Gasteiger partial charge on any atom is -0.396 e. The maximum Gasteiger partial charge on any atom is 0.0446 e. The minimum absolute atomic E-state index is 0.0884. The van der Waals surface area contributed by atoms with E-state index in [4.69, 9.17) is 10.8 Å². The van der Waals surface area contributed by atoms with Gasteiger partial charge >= 0.3 is 0 Å². The lowest BCUT2D eigenvalue weighted by Crippen LogP contribution is -2.23. The third-order valence-electron chi connectivity index (χ3n) is 1.95. The van der Waals surface area contributed by atoms with Gasteiger partial charge < -0.3 is 10.8 Å². The van der Waals surface area contributed by atoms with Crippen LogP contribution in [0, 0.1) is 6.92 Å². The molecule has 0 saturated carbocycles. The maximum absolute atomic E-state index is 8.69. The van der Waals surface area contributed by atoms with Crippen LogP contribution in [-0.2, 0) is 0 Å². The minimum atomic E-state index is 0.0884. The standard InChI is InChI=1S/C11H17NOS/c1-9-3-2-4-11(7-9)14-8-10(12)5-6-13/h2-4,7,10,13H,5-6,8,12H2,1H3. The summed E-state index contributed by atoms with van der Waals surface area (Å²) in [6.07, 6.45) is 0.679. The lowest BCUT2D eigenvalue weighted by Gasteiger charge is -2.09. The summed E-state index contributed by atoms with van der Waals surface area (Å²) in [6.45, 7) is 2.26. The van der Waals surface area contributed by atoms with Gasteiger partial charge in [-0.2, -0.15) is 0 Å². The Labute approximate surface area is 89.5 Å². The van der Waals surface area contributed by atoms with E-state index in [1.54, 1.807) is 11.8 Å². The highest BCUT2D eigenvalue weighted by Crippen LogP contribution is 2.19. The van der Waals surface area contributed by atoms with Crippen molar-refractivity contribution in [3.8, 4) is 0 Å². The van der Waals surface area contributed by atoms with Crippen LogP contribution in [-0.4, -0.2) is 23.5 Å². The molecule has 0 aliphatic rings. The van der Waals surface area contributed by atoms with Gasteiger partial charge in [-0.25, -0.2) is 0 Å². The zero-order chi connectivity index (χ0) is 10.4. The first-order chi connectivity index (χ1) is 6.72. The molecule has 14 heavy (non-hydrogen) atoms. The second-order valence-corrected chi connectivity index (χ2v) is 4.49. The number of nitrogens with two attached hydrogens (primary N) is 1. The molecule has 0 fully saturated rings. The van der Waals surface area contributed by atoms with Crippen molar-refractivity contribution in [1.29, 1.82) is 0 Å². The summed E-state index contributed by atoms with van der Waals surface area (Å²) in [6, 6.07) is 8.46. The predicted molar refractivity (Wildman–Crippen MR) is 61.6 cm³/mol. The first-order valence-electron chi connectivity index (χ1n) is 4.78. The van der Waals surface area contributed by atoms with Crippen molar-refractivity contribution in [2.75, 3.05) is 12.4 Å². The molecule has 0 aliphatic carbocycles. The molecule has 1 aromatic carbocycles. The van der Waals surface area contributed by atoms with Gasteiger partial charge in [-0.3, -0.25) is 0 Å². The maximum atomic E-state index is 8.69. The van der Waals surface area contributed by atoms with Crippen LogP contribution in [0.3, 0.4) is 0 Å². The number of hydrogen-bond donors (Lipinski definition) is 2. The van der Waals surface area contributed by atoms with E-state index in [0.29, 0.717) is 6.42 Å². The summed E-state index contributed by atoms with van der Waals surface area (Å²) in [4.78, 5) is 1.25. The fourth-order valence-electron chi connectivity index (χ4n) is 1.16. The zero-order valence-electron chi connectivity index (χ0n) is 8.44. The Kier molecular flexibility index (Phi) is 5.01. The predicted octanol–water partition coefficient (Wildman–Crippen LogP) is 1.80. The second-order valence-electron chi connectivity index (χ2n) is 3.40. The zero-order valence-corrected chi connectivity index (χ0v) is 9.26. The molecule has 0 bridgehead atoms. The molecule has 0 aliphatic heterocycles. The van der Waals surface area contributed by atoms with Crippen molar-refractivity contribution in [2.24, 2.45) is 5.73 Å². The molecule has 2 nitrogen and oxygen atoms in total. The van der Waals surface area contributed by atoms with Gasteiger partial charge in [0.05, 0.1) is 0 Å². The third-order valence-corrected chi connectivity index (χ3v) is 3.14. The number of aliphatic hydroxyl groups excluding tert-OH is 1. The highest BCUT2D eigenvalue weighted by Gasteiger charge is 2.02. The van der Waals surface area contributed by atoms with Crippen LogP contribution in [0.25, 0.3) is 0 Å². The summed E-state index contributed by atoms with van der Waals surface area (Å²) in [5, 5.41) is 8.69. The number of benzene rings is 1. The first kappa shape index (κ1) is 11.6. The number of thioether (sulfide) groups is 1. The van der Waals surface area contributed by atoms with Crippen molar-refractivity contribution < 1.29 is 5.11 Å². The molecule has 0 spiro atoms. The van der Waals surface area contributed by atoms with E-state index in [1.165, 1.54) is 10.5 Å². The Balaban J connectivity index is 2.37. The van der Waals surface area contributed by atoms with Gasteiger partial charge in [0.1, 0.15) is 0 Å². The Morgan fingerprint density at radius 1 is 1.50 bits per heavy atom. The van der Waals surface area contributed by atoms with Crippen LogP contribution >= 0.6 is 11.8 Å². The van der Waals surface area contributed by atoms with Gasteiger partial charge in [0.25, 0.3) is 0 Å². The molecule has 0 saturated heterocycles. The average Bonchev–Trinajstić information content (AvgIpc) is 2.15.